The number of nitrogens with zero attached hydrogens (tertiary/aromatic N) is 1. The Labute approximate surface area is 140 Å². The Morgan fingerprint density at radius 1 is 1.21 bits per heavy atom. The van der Waals surface area contributed by atoms with Gasteiger partial charge in [0.2, 0.25) is 0 Å². The zero-order chi connectivity index (χ0) is 17.1. The summed E-state index contributed by atoms with van der Waals surface area (Å²) in [7, 11) is 0. The van der Waals surface area contributed by atoms with E-state index in [1.165, 1.54) is 12.1 Å². The summed E-state index contributed by atoms with van der Waals surface area (Å²) >= 11 is 0. The SMILES string of the molecule is Cc1[nH]nc2c1[C@H](c1ccc(F)cc1)C1=C(CC(C)(C)CC1=O)N2. The Kier molecular flexibility index (Phi) is 3.17. The van der Waals surface area contributed by atoms with Crippen molar-refractivity contribution in [3.05, 3.63) is 58.2 Å². The molecule has 5 heteroatoms. The average molecular weight is 325 g/mol. The van der Waals surface area contributed by atoms with Gasteiger partial charge in [0.25, 0.3) is 0 Å². The first-order valence-corrected chi connectivity index (χ1v) is 8.19. The molecule has 1 atom stereocenters. The molecule has 1 aliphatic carbocycles. The van der Waals surface area contributed by atoms with Crippen molar-refractivity contribution in [2.24, 2.45) is 5.41 Å². The fourth-order valence-corrected chi connectivity index (χ4v) is 3.94. The van der Waals surface area contributed by atoms with Gasteiger partial charge in [-0.1, -0.05) is 26.0 Å². The van der Waals surface area contributed by atoms with Gasteiger partial charge < -0.3 is 5.32 Å². The number of aromatic amines is 1. The highest BCUT2D eigenvalue weighted by Gasteiger charge is 2.42. The summed E-state index contributed by atoms with van der Waals surface area (Å²) in [5, 5.41) is 10.7. The number of carbonyl (C=O) groups excluding carboxylic acids is 1. The second-order valence-corrected chi connectivity index (χ2v) is 7.55. The molecule has 0 bridgehead atoms. The molecule has 1 aliphatic heterocycles. The van der Waals surface area contributed by atoms with Crippen LogP contribution in [0.5, 0.6) is 0 Å². The monoisotopic (exact) mass is 325 g/mol. The number of halogens is 1. The molecule has 4 rings (SSSR count). The van der Waals surface area contributed by atoms with Gasteiger partial charge in [0, 0.05) is 34.9 Å². The second kappa shape index (κ2) is 5.03. The van der Waals surface area contributed by atoms with Crippen molar-refractivity contribution in [2.75, 3.05) is 5.32 Å². The first kappa shape index (κ1) is 15.1. The molecule has 2 aromatic rings. The van der Waals surface area contributed by atoms with Gasteiger partial charge in [-0.3, -0.25) is 9.89 Å². The smallest absolute Gasteiger partial charge is 0.162 e. The minimum atomic E-state index is -0.276. The minimum Gasteiger partial charge on any atom is -0.342 e. The van der Waals surface area contributed by atoms with Gasteiger partial charge in [0.15, 0.2) is 11.6 Å². The van der Waals surface area contributed by atoms with Crippen LogP contribution in [0.1, 0.15) is 49.4 Å². The van der Waals surface area contributed by atoms with Crippen molar-refractivity contribution in [3.8, 4) is 0 Å². The van der Waals surface area contributed by atoms with Crippen molar-refractivity contribution >= 4 is 11.6 Å². The van der Waals surface area contributed by atoms with E-state index in [1.54, 1.807) is 12.1 Å². The van der Waals surface area contributed by atoms with Gasteiger partial charge in [0.05, 0.1) is 0 Å². The number of ketones is 1. The number of H-pyrrole nitrogens is 1. The lowest BCUT2D eigenvalue weighted by Crippen LogP contribution is -2.33. The summed E-state index contributed by atoms with van der Waals surface area (Å²) in [6.45, 7) is 6.16. The lowest BCUT2D eigenvalue weighted by molar-refractivity contribution is -0.118. The Hall–Kier alpha value is -2.43. The Balaban J connectivity index is 1.93. The third-order valence-corrected chi connectivity index (χ3v) is 4.96. The summed E-state index contributed by atoms with van der Waals surface area (Å²) in [6, 6.07) is 6.42. The van der Waals surface area contributed by atoms with Gasteiger partial charge in [-0.05, 0) is 36.5 Å². The number of carbonyl (C=O) groups is 1. The van der Waals surface area contributed by atoms with Crippen molar-refractivity contribution in [3.63, 3.8) is 0 Å². The molecular weight excluding hydrogens is 305 g/mol. The molecule has 2 aliphatic rings. The normalized spacial score (nSPS) is 22.0. The summed E-state index contributed by atoms with van der Waals surface area (Å²) in [5.74, 6) is 0.460. The third-order valence-electron chi connectivity index (χ3n) is 4.96. The number of hydrogen-bond acceptors (Lipinski definition) is 3. The number of hydrogen-bond donors (Lipinski definition) is 2. The molecule has 2 heterocycles. The van der Waals surface area contributed by atoms with Gasteiger partial charge in [-0.2, -0.15) is 5.10 Å². The molecule has 2 N–H and O–H groups in total. The van der Waals surface area contributed by atoms with Crippen LogP contribution in [0.3, 0.4) is 0 Å². The van der Waals surface area contributed by atoms with Crippen LogP contribution >= 0.6 is 0 Å². The quantitative estimate of drug-likeness (QED) is 0.831. The fourth-order valence-electron chi connectivity index (χ4n) is 3.94. The van der Waals surface area contributed by atoms with E-state index in [9.17, 15) is 9.18 Å². The van der Waals surface area contributed by atoms with Crippen LogP contribution in [0.25, 0.3) is 0 Å². The molecule has 24 heavy (non-hydrogen) atoms. The van der Waals surface area contributed by atoms with Crippen LogP contribution in [0.15, 0.2) is 35.5 Å². The van der Waals surface area contributed by atoms with E-state index in [2.05, 4.69) is 29.4 Å². The van der Waals surface area contributed by atoms with Gasteiger partial charge in [-0.15, -0.1) is 0 Å². The van der Waals surface area contributed by atoms with Crippen LogP contribution in [-0.4, -0.2) is 16.0 Å². The first-order valence-electron chi connectivity index (χ1n) is 8.19. The van der Waals surface area contributed by atoms with Crippen LogP contribution in [-0.2, 0) is 4.79 Å². The zero-order valence-electron chi connectivity index (χ0n) is 14.0. The second-order valence-electron chi connectivity index (χ2n) is 7.55. The highest BCUT2D eigenvalue weighted by molar-refractivity contribution is 6.01. The molecule has 124 valence electrons. The molecule has 4 nitrogen and oxygen atoms in total. The Morgan fingerprint density at radius 2 is 1.92 bits per heavy atom. The Bertz CT molecular complexity index is 861. The molecule has 0 saturated carbocycles. The molecule has 0 spiro atoms. The largest absolute Gasteiger partial charge is 0.342 e. The number of aryl methyl sites for hydroxylation is 1. The lowest BCUT2D eigenvalue weighted by Gasteiger charge is -2.38. The van der Waals surface area contributed by atoms with Crippen molar-refractivity contribution in [2.45, 2.75) is 39.5 Å². The van der Waals surface area contributed by atoms with E-state index in [1.807, 2.05) is 6.92 Å². The van der Waals surface area contributed by atoms with E-state index in [-0.39, 0.29) is 22.9 Å². The number of allylic oxidation sites excluding steroid dienone is 2. The predicted octanol–water partition coefficient (Wildman–Crippen LogP) is 4.06. The van der Waals surface area contributed by atoms with E-state index in [4.69, 9.17) is 0 Å². The van der Waals surface area contributed by atoms with Crippen LogP contribution in [0.2, 0.25) is 0 Å². The number of rotatable bonds is 1. The van der Waals surface area contributed by atoms with E-state index < -0.39 is 0 Å². The zero-order valence-corrected chi connectivity index (χ0v) is 14.0. The maximum Gasteiger partial charge on any atom is 0.162 e. The first-order chi connectivity index (χ1) is 11.4. The van der Waals surface area contributed by atoms with Crippen LogP contribution in [0, 0.1) is 18.2 Å². The topological polar surface area (TPSA) is 57.8 Å². The lowest BCUT2D eigenvalue weighted by atomic mass is 9.69. The molecule has 0 radical (unpaired) electrons. The summed E-state index contributed by atoms with van der Waals surface area (Å²) in [4.78, 5) is 12.9. The summed E-state index contributed by atoms with van der Waals surface area (Å²) < 4.78 is 13.4. The number of aromatic nitrogens is 2. The van der Waals surface area contributed by atoms with E-state index in [0.29, 0.717) is 6.42 Å². The van der Waals surface area contributed by atoms with E-state index >= 15 is 0 Å². The summed E-state index contributed by atoms with van der Waals surface area (Å²) in [6.07, 6.45) is 1.33. The number of fused-ring (bicyclic) bond motifs is 1. The average Bonchev–Trinajstić information content (AvgIpc) is 2.86. The van der Waals surface area contributed by atoms with Gasteiger partial charge >= 0.3 is 0 Å². The molecule has 1 aromatic heterocycles. The van der Waals surface area contributed by atoms with Crippen LogP contribution in [0.4, 0.5) is 10.2 Å². The standard InChI is InChI=1S/C19H20FN3O/c1-10-15-16(11-4-6-12(20)7-5-11)17-13(21-18(15)23-22-10)8-19(2,3)9-14(17)24/h4-7,16H,8-9H2,1-3H3,(H2,21,22,23)/t16-/m0/s1. The molecular formula is C19H20FN3O. The van der Waals surface area contributed by atoms with Crippen molar-refractivity contribution in [1.82, 2.24) is 10.2 Å². The van der Waals surface area contributed by atoms with Crippen LogP contribution < -0.4 is 5.32 Å². The van der Waals surface area contributed by atoms with E-state index in [0.717, 1.165) is 40.3 Å². The summed E-state index contributed by atoms with van der Waals surface area (Å²) in [5.41, 5.74) is 4.51. The highest BCUT2D eigenvalue weighted by Crippen LogP contribution is 2.49. The predicted molar refractivity (Wildman–Crippen MR) is 90.2 cm³/mol. The van der Waals surface area contributed by atoms with Crippen molar-refractivity contribution < 1.29 is 9.18 Å². The number of nitrogens with one attached hydrogen (secondary N) is 2. The molecule has 0 saturated heterocycles. The fraction of sp³-hybridized carbons (Fsp3) is 0.368. The molecule has 0 unspecified atom stereocenters. The van der Waals surface area contributed by atoms with Crippen molar-refractivity contribution in [1.29, 1.82) is 0 Å². The Morgan fingerprint density at radius 3 is 2.62 bits per heavy atom. The molecule has 0 fully saturated rings. The number of Topliss-reactive ketones (excluding diaryl/α,β-unsaturated/α-hetero) is 1. The van der Waals surface area contributed by atoms with Gasteiger partial charge in [0.1, 0.15) is 5.82 Å². The molecule has 0 amide bonds. The van der Waals surface area contributed by atoms with Gasteiger partial charge in [-0.25, -0.2) is 4.39 Å². The maximum absolute atomic E-state index is 13.4. The highest BCUT2D eigenvalue weighted by atomic mass is 19.1. The third kappa shape index (κ3) is 2.27. The number of anilines is 1. The number of benzene rings is 1. The molecule has 1 aromatic carbocycles. The minimum absolute atomic E-state index is 0.0703. The maximum atomic E-state index is 13.4.